The molecule has 0 aliphatic rings. The molecular weight excluding hydrogens is 270 g/mol. The molecule has 0 aliphatic heterocycles. The van der Waals surface area contributed by atoms with Crippen LogP contribution in [0.4, 0.5) is 5.95 Å². The van der Waals surface area contributed by atoms with Crippen molar-refractivity contribution in [3.63, 3.8) is 0 Å². The van der Waals surface area contributed by atoms with Gasteiger partial charge in [-0.15, -0.1) is 11.3 Å². The second kappa shape index (κ2) is 6.76. The van der Waals surface area contributed by atoms with Crippen molar-refractivity contribution in [2.24, 2.45) is 0 Å². The first-order valence-electron chi connectivity index (χ1n) is 6.75. The first-order valence-corrected chi connectivity index (χ1v) is 7.63. The van der Waals surface area contributed by atoms with E-state index >= 15 is 0 Å². The van der Waals surface area contributed by atoms with Gasteiger partial charge in [0, 0.05) is 36.4 Å². The zero-order chi connectivity index (χ0) is 14.5. The summed E-state index contributed by atoms with van der Waals surface area (Å²) in [7, 11) is 1.99. The largest absolute Gasteiger partial charge is 0.338 e. The summed E-state index contributed by atoms with van der Waals surface area (Å²) in [6.07, 6.45) is 1.91. The van der Waals surface area contributed by atoms with E-state index in [2.05, 4.69) is 32.6 Å². The first kappa shape index (κ1) is 14.9. The van der Waals surface area contributed by atoms with Crippen LogP contribution in [0.25, 0.3) is 0 Å². The summed E-state index contributed by atoms with van der Waals surface area (Å²) in [6.45, 7) is 8.63. The van der Waals surface area contributed by atoms with Gasteiger partial charge in [-0.2, -0.15) is 0 Å². The molecule has 0 amide bonds. The molecule has 5 nitrogen and oxygen atoms in total. The fraction of sp³-hybridized carbons (Fsp3) is 0.500. The van der Waals surface area contributed by atoms with Crippen molar-refractivity contribution in [2.45, 2.75) is 33.9 Å². The van der Waals surface area contributed by atoms with Crippen molar-refractivity contribution in [3.05, 3.63) is 33.5 Å². The summed E-state index contributed by atoms with van der Waals surface area (Å²) in [4.78, 5) is 15.5. The second-order valence-electron chi connectivity index (χ2n) is 4.77. The van der Waals surface area contributed by atoms with Crippen LogP contribution in [-0.2, 0) is 13.1 Å². The molecule has 2 heterocycles. The molecule has 0 aliphatic carbocycles. The molecular formula is C14H21N5S. The van der Waals surface area contributed by atoms with E-state index in [-0.39, 0.29) is 0 Å². The Kier molecular flexibility index (Phi) is 5.03. The molecule has 0 bridgehead atoms. The molecule has 0 atom stereocenters. The third-order valence-corrected chi connectivity index (χ3v) is 3.86. The monoisotopic (exact) mass is 291 g/mol. The van der Waals surface area contributed by atoms with E-state index < -0.39 is 0 Å². The van der Waals surface area contributed by atoms with E-state index in [0.717, 1.165) is 47.5 Å². The van der Waals surface area contributed by atoms with Gasteiger partial charge in [-0.1, -0.05) is 6.92 Å². The molecule has 0 saturated carbocycles. The van der Waals surface area contributed by atoms with E-state index in [1.165, 1.54) is 0 Å². The zero-order valence-corrected chi connectivity index (χ0v) is 13.3. The van der Waals surface area contributed by atoms with Crippen LogP contribution in [0.15, 0.2) is 11.6 Å². The lowest BCUT2D eigenvalue weighted by molar-refractivity contribution is 0.713. The van der Waals surface area contributed by atoms with Crippen molar-refractivity contribution in [1.82, 2.24) is 20.3 Å². The standard InChI is InChI=1S/C14H21N5S/c1-5-15-6-12-7-16-14(17-10(12)2)19(4)8-13-9-20-11(3)18-13/h7,9,15H,5-6,8H2,1-4H3. The summed E-state index contributed by atoms with van der Waals surface area (Å²) in [5, 5.41) is 6.47. The minimum atomic E-state index is 0.732. The van der Waals surface area contributed by atoms with E-state index in [1.54, 1.807) is 11.3 Å². The smallest absolute Gasteiger partial charge is 0.225 e. The Bertz CT molecular complexity index is 566. The number of anilines is 1. The van der Waals surface area contributed by atoms with Crippen LogP contribution >= 0.6 is 11.3 Å². The topological polar surface area (TPSA) is 53.9 Å². The highest BCUT2D eigenvalue weighted by molar-refractivity contribution is 7.09. The fourth-order valence-electron chi connectivity index (χ4n) is 1.89. The van der Waals surface area contributed by atoms with Gasteiger partial charge in [0.2, 0.25) is 5.95 Å². The highest BCUT2D eigenvalue weighted by atomic mass is 32.1. The van der Waals surface area contributed by atoms with Gasteiger partial charge < -0.3 is 10.2 Å². The molecule has 108 valence electrons. The molecule has 0 unspecified atom stereocenters. The average Bonchev–Trinajstić information content (AvgIpc) is 2.82. The number of aromatic nitrogens is 3. The van der Waals surface area contributed by atoms with Crippen LogP contribution in [0.5, 0.6) is 0 Å². The van der Waals surface area contributed by atoms with E-state index in [4.69, 9.17) is 0 Å². The number of hydrogen-bond acceptors (Lipinski definition) is 6. The van der Waals surface area contributed by atoms with Crippen LogP contribution in [0, 0.1) is 13.8 Å². The third-order valence-electron chi connectivity index (χ3n) is 3.04. The third kappa shape index (κ3) is 3.74. The number of aryl methyl sites for hydroxylation is 2. The lowest BCUT2D eigenvalue weighted by Crippen LogP contribution is -2.21. The summed E-state index contributed by atoms with van der Waals surface area (Å²) < 4.78 is 0. The molecule has 20 heavy (non-hydrogen) atoms. The van der Waals surface area contributed by atoms with Gasteiger partial charge in [-0.3, -0.25) is 0 Å². The molecule has 2 aromatic rings. The van der Waals surface area contributed by atoms with Crippen molar-refractivity contribution < 1.29 is 0 Å². The molecule has 0 saturated heterocycles. The average molecular weight is 291 g/mol. The Morgan fingerprint density at radius 2 is 2.10 bits per heavy atom. The van der Waals surface area contributed by atoms with Crippen LogP contribution < -0.4 is 10.2 Å². The maximum absolute atomic E-state index is 4.58. The summed E-state index contributed by atoms with van der Waals surface area (Å²) >= 11 is 1.67. The molecule has 0 spiro atoms. The normalized spacial score (nSPS) is 10.8. The quantitative estimate of drug-likeness (QED) is 0.885. The summed E-state index contributed by atoms with van der Waals surface area (Å²) in [5.41, 5.74) is 3.23. The van der Waals surface area contributed by atoms with Gasteiger partial charge >= 0.3 is 0 Å². The number of rotatable bonds is 6. The summed E-state index contributed by atoms with van der Waals surface area (Å²) in [5.74, 6) is 0.744. The van der Waals surface area contributed by atoms with E-state index in [0.29, 0.717) is 0 Å². The molecule has 0 aromatic carbocycles. The highest BCUT2D eigenvalue weighted by Crippen LogP contribution is 2.14. The summed E-state index contributed by atoms with van der Waals surface area (Å²) in [6, 6.07) is 0. The number of nitrogens with one attached hydrogen (secondary N) is 1. The number of hydrogen-bond donors (Lipinski definition) is 1. The second-order valence-corrected chi connectivity index (χ2v) is 5.84. The molecule has 2 rings (SSSR count). The molecule has 1 N–H and O–H groups in total. The lowest BCUT2D eigenvalue weighted by Gasteiger charge is -2.17. The zero-order valence-electron chi connectivity index (χ0n) is 12.5. The van der Waals surface area contributed by atoms with Crippen LogP contribution in [0.3, 0.4) is 0 Å². The maximum atomic E-state index is 4.58. The lowest BCUT2D eigenvalue weighted by atomic mass is 10.2. The number of thiazole rings is 1. The maximum Gasteiger partial charge on any atom is 0.225 e. The fourth-order valence-corrected chi connectivity index (χ4v) is 2.50. The Morgan fingerprint density at radius 1 is 1.30 bits per heavy atom. The van der Waals surface area contributed by atoms with Gasteiger partial charge in [-0.05, 0) is 20.4 Å². The van der Waals surface area contributed by atoms with Gasteiger partial charge in [0.1, 0.15) is 0 Å². The van der Waals surface area contributed by atoms with Crippen LogP contribution in [0.2, 0.25) is 0 Å². The van der Waals surface area contributed by atoms with Crippen molar-refractivity contribution >= 4 is 17.3 Å². The first-order chi connectivity index (χ1) is 9.60. The Balaban J connectivity index is 2.06. The molecule has 0 fully saturated rings. The van der Waals surface area contributed by atoms with Crippen LogP contribution in [-0.4, -0.2) is 28.5 Å². The van der Waals surface area contributed by atoms with Gasteiger partial charge in [0.15, 0.2) is 0 Å². The predicted molar refractivity (Wildman–Crippen MR) is 83.1 cm³/mol. The minimum absolute atomic E-state index is 0.732. The SMILES string of the molecule is CCNCc1cnc(N(C)Cc2csc(C)n2)nc1C. The molecule has 2 aromatic heterocycles. The van der Waals surface area contributed by atoms with Crippen molar-refractivity contribution in [3.8, 4) is 0 Å². The van der Waals surface area contributed by atoms with Crippen LogP contribution in [0.1, 0.15) is 28.9 Å². The van der Waals surface area contributed by atoms with Crippen molar-refractivity contribution in [1.29, 1.82) is 0 Å². The molecule has 0 radical (unpaired) electrons. The van der Waals surface area contributed by atoms with Gasteiger partial charge in [0.05, 0.1) is 17.2 Å². The van der Waals surface area contributed by atoms with E-state index in [9.17, 15) is 0 Å². The Hall–Kier alpha value is -1.53. The molecule has 6 heteroatoms. The minimum Gasteiger partial charge on any atom is -0.338 e. The predicted octanol–water partition coefficient (Wildman–Crippen LogP) is 2.30. The van der Waals surface area contributed by atoms with Gasteiger partial charge in [0.25, 0.3) is 0 Å². The Morgan fingerprint density at radius 3 is 2.70 bits per heavy atom. The Labute approximate surface area is 124 Å². The highest BCUT2D eigenvalue weighted by Gasteiger charge is 2.09. The van der Waals surface area contributed by atoms with E-state index in [1.807, 2.05) is 32.0 Å². The van der Waals surface area contributed by atoms with Gasteiger partial charge in [-0.25, -0.2) is 15.0 Å². The number of nitrogens with zero attached hydrogens (tertiary/aromatic N) is 4. The van der Waals surface area contributed by atoms with Crippen molar-refractivity contribution in [2.75, 3.05) is 18.5 Å².